The number of nitrogens with zero attached hydrogens (tertiary/aromatic N) is 3. The fourth-order valence-corrected chi connectivity index (χ4v) is 4.39. The minimum Gasteiger partial charge on any atom is -0.356 e. The third-order valence-electron chi connectivity index (χ3n) is 5.26. The van der Waals surface area contributed by atoms with E-state index in [-0.39, 0.29) is 24.0 Å². The quantitative estimate of drug-likeness (QED) is 0.239. The Morgan fingerprint density at radius 3 is 2.62 bits per heavy atom. The predicted molar refractivity (Wildman–Crippen MR) is 136 cm³/mol. The number of hydrogen-bond acceptors (Lipinski definition) is 4. The van der Waals surface area contributed by atoms with Crippen LogP contribution in [0.4, 0.5) is 0 Å². The highest BCUT2D eigenvalue weighted by atomic mass is 127. The number of benzene rings is 1. The number of piperazine rings is 1. The van der Waals surface area contributed by atoms with Crippen LogP contribution in [0.3, 0.4) is 0 Å². The van der Waals surface area contributed by atoms with Gasteiger partial charge in [0.25, 0.3) is 0 Å². The van der Waals surface area contributed by atoms with Gasteiger partial charge < -0.3 is 15.5 Å². The van der Waals surface area contributed by atoms with Gasteiger partial charge in [-0.1, -0.05) is 36.4 Å². The van der Waals surface area contributed by atoms with Gasteiger partial charge in [0, 0.05) is 57.2 Å². The van der Waals surface area contributed by atoms with E-state index in [1.165, 1.54) is 10.4 Å². The van der Waals surface area contributed by atoms with Gasteiger partial charge in [-0.3, -0.25) is 9.89 Å². The molecule has 0 aliphatic carbocycles. The van der Waals surface area contributed by atoms with Crippen LogP contribution in [-0.2, 0) is 6.42 Å². The van der Waals surface area contributed by atoms with Crippen molar-refractivity contribution in [2.75, 3.05) is 53.4 Å². The molecule has 1 aliphatic heterocycles. The lowest BCUT2D eigenvalue weighted by atomic mass is 10.0. The first kappa shape index (κ1) is 24.1. The highest BCUT2D eigenvalue weighted by Crippen LogP contribution is 2.24. The van der Waals surface area contributed by atoms with Crippen molar-refractivity contribution >= 4 is 41.3 Å². The maximum atomic E-state index is 4.34. The van der Waals surface area contributed by atoms with E-state index in [4.69, 9.17) is 0 Å². The molecule has 2 N–H and O–H groups in total. The number of halogens is 1. The van der Waals surface area contributed by atoms with E-state index in [1.54, 1.807) is 0 Å². The van der Waals surface area contributed by atoms with E-state index < -0.39 is 0 Å². The number of likely N-dealkylation sites (N-methyl/N-ethyl adjacent to an activating group) is 1. The first-order valence-electron chi connectivity index (χ1n) is 10.2. The predicted octanol–water partition coefficient (Wildman–Crippen LogP) is 3.45. The summed E-state index contributed by atoms with van der Waals surface area (Å²) in [5.41, 5.74) is 1.42. The minimum atomic E-state index is 0. The highest BCUT2D eigenvalue weighted by molar-refractivity contribution is 14.0. The Kier molecular flexibility index (Phi) is 11.0. The second kappa shape index (κ2) is 13.2. The molecule has 3 rings (SSSR count). The molecule has 1 atom stereocenters. The van der Waals surface area contributed by atoms with Crippen molar-refractivity contribution in [1.29, 1.82) is 0 Å². The second-order valence-electron chi connectivity index (χ2n) is 7.33. The molecule has 1 aromatic carbocycles. The Labute approximate surface area is 196 Å². The smallest absolute Gasteiger partial charge is 0.190 e. The van der Waals surface area contributed by atoms with Crippen molar-refractivity contribution in [2.45, 2.75) is 18.9 Å². The molecule has 1 unspecified atom stereocenters. The van der Waals surface area contributed by atoms with Crippen LogP contribution < -0.4 is 10.6 Å². The highest BCUT2D eigenvalue weighted by Gasteiger charge is 2.25. The molecule has 0 bridgehead atoms. The lowest BCUT2D eigenvalue weighted by molar-refractivity contribution is 0.0891. The van der Waals surface area contributed by atoms with Crippen LogP contribution in [0.2, 0.25) is 0 Å². The van der Waals surface area contributed by atoms with Crippen molar-refractivity contribution in [3.05, 3.63) is 58.3 Å². The van der Waals surface area contributed by atoms with Gasteiger partial charge in [0.1, 0.15) is 0 Å². The van der Waals surface area contributed by atoms with E-state index in [2.05, 4.69) is 80.3 Å². The van der Waals surface area contributed by atoms with Crippen LogP contribution in [-0.4, -0.2) is 69.1 Å². The summed E-state index contributed by atoms with van der Waals surface area (Å²) in [6.45, 7) is 6.32. The zero-order chi connectivity index (χ0) is 19.6. The fraction of sp³-hybridized carbons (Fsp3) is 0.500. The monoisotopic (exact) mass is 527 g/mol. The maximum absolute atomic E-state index is 4.34. The van der Waals surface area contributed by atoms with Gasteiger partial charge in [-0.25, -0.2) is 0 Å². The number of hydrogen-bond donors (Lipinski definition) is 2. The molecule has 0 saturated carbocycles. The molecule has 1 saturated heterocycles. The standard InChI is InChI=1S/C22H33N5S.HI/c1-23-22(25-13-11-20-10-6-17-28-20)24-12-7-14-27-16-15-26(2)18-21(27)19-8-4-3-5-9-19;/h3-6,8-10,17,21H,7,11-16,18H2,1-2H3,(H2,23,24,25);1H. The van der Waals surface area contributed by atoms with Crippen LogP contribution in [0.15, 0.2) is 52.8 Å². The van der Waals surface area contributed by atoms with Crippen LogP contribution in [0.5, 0.6) is 0 Å². The van der Waals surface area contributed by atoms with E-state index in [9.17, 15) is 0 Å². The average molecular weight is 528 g/mol. The molecular formula is C22H34IN5S. The summed E-state index contributed by atoms with van der Waals surface area (Å²) in [6.07, 6.45) is 2.15. The summed E-state index contributed by atoms with van der Waals surface area (Å²) < 4.78 is 0. The fourth-order valence-electron chi connectivity index (χ4n) is 3.68. The van der Waals surface area contributed by atoms with Crippen molar-refractivity contribution < 1.29 is 0 Å². The molecule has 0 amide bonds. The summed E-state index contributed by atoms with van der Waals surface area (Å²) in [5.74, 6) is 0.898. The molecule has 1 aliphatic rings. The largest absolute Gasteiger partial charge is 0.356 e. The van der Waals surface area contributed by atoms with Gasteiger partial charge in [0.15, 0.2) is 5.96 Å². The molecule has 0 radical (unpaired) electrons. The molecule has 1 fully saturated rings. The second-order valence-corrected chi connectivity index (χ2v) is 8.37. The molecule has 1 aromatic heterocycles. The topological polar surface area (TPSA) is 42.9 Å². The summed E-state index contributed by atoms with van der Waals surface area (Å²) in [5, 5.41) is 9.00. The molecule has 29 heavy (non-hydrogen) atoms. The lowest BCUT2D eigenvalue weighted by Crippen LogP contribution is -2.47. The van der Waals surface area contributed by atoms with Crippen LogP contribution >= 0.6 is 35.3 Å². The SMILES string of the molecule is CN=C(NCCCN1CCN(C)CC1c1ccccc1)NCCc1cccs1.I. The van der Waals surface area contributed by atoms with Gasteiger partial charge in [-0.15, -0.1) is 35.3 Å². The Hall–Kier alpha value is -1.16. The summed E-state index contributed by atoms with van der Waals surface area (Å²) in [6, 6.07) is 15.7. The minimum absolute atomic E-state index is 0. The number of rotatable bonds is 8. The maximum Gasteiger partial charge on any atom is 0.190 e. The lowest BCUT2D eigenvalue weighted by Gasteiger charge is -2.40. The van der Waals surface area contributed by atoms with Crippen molar-refractivity contribution in [1.82, 2.24) is 20.4 Å². The molecule has 0 spiro atoms. The van der Waals surface area contributed by atoms with Gasteiger partial charge in [-0.05, 0) is 36.9 Å². The van der Waals surface area contributed by atoms with E-state index in [0.29, 0.717) is 6.04 Å². The molecule has 2 aromatic rings. The third kappa shape index (κ3) is 7.88. The molecule has 7 heteroatoms. The Morgan fingerprint density at radius 1 is 1.10 bits per heavy atom. The van der Waals surface area contributed by atoms with E-state index in [0.717, 1.165) is 58.1 Å². The third-order valence-corrected chi connectivity index (χ3v) is 6.20. The van der Waals surface area contributed by atoms with Crippen molar-refractivity contribution in [3.63, 3.8) is 0 Å². The van der Waals surface area contributed by atoms with Crippen LogP contribution in [0.25, 0.3) is 0 Å². The van der Waals surface area contributed by atoms with E-state index >= 15 is 0 Å². The van der Waals surface area contributed by atoms with Gasteiger partial charge in [-0.2, -0.15) is 0 Å². The number of guanidine groups is 1. The molecular weight excluding hydrogens is 493 g/mol. The number of thiophene rings is 1. The Bertz CT molecular complexity index is 707. The average Bonchev–Trinajstić information content (AvgIpc) is 3.25. The molecule has 2 heterocycles. The normalized spacial score (nSPS) is 18.3. The summed E-state index contributed by atoms with van der Waals surface area (Å²) >= 11 is 1.81. The van der Waals surface area contributed by atoms with Gasteiger partial charge in [0.2, 0.25) is 0 Å². The zero-order valence-corrected chi connectivity index (χ0v) is 20.7. The molecule has 160 valence electrons. The Morgan fingerprint density at radius 2 is 1.90 bits per heavy atom. The molecule has 5 nitrogen and oxygen atoms in total. The first-order chi connectivity index (χ1) is 13.8. The summed E-state index contributed by atoms with van der Waals surface area (Å²) in [7, 11) is 4.06. The number of aliphatic imine (C=N–C) groups is 1. The Balaban J connectivity index is 0.00000300. The van der Waals surface area contributed by atoms with Gasteiger partial charge >= 0.3 is 0 Å². The van der Waals surface area contributed by atoms with Gasteiger partial charge in [0.05, 0.1) is 0 Å². The summed E-state index contributed by atoms with van der Waals surface area (Å²) in [4.78, 5) is 10.8. The zero-order valence-electron chi connectivity index (χ0n) is 17.5. The van der Waals surface area contributed by atoms with Crippen molar-refractivity contribution in [3.8, 4) is 0 Å². The first-order valence-corrected chi connectivity index (χ1v) is 11.1. The van der Waals surface area contributed by atoms with Crippen molar-refractivity contribution in [2.24, 2.45) is 4.99 Å². The van der Waals surface area contributed by atoms with Crippen LogP contribution in [0, 0.1) is 0 Å². The van der Waals surface area contributed by atoms with Crippen LogP contribution in [0.1, 0.15) is 22.9 Å². The number of nitrogens with one attached hydrogen (secondary N) is 2. The van der Waals surface area contributed by atoms with E-state index in [1.807, 2.05) is 18.4 Å².